The fourth-order valence-corrected chi connectivity index (χ4v) is 5.95. The summed E-state index contributed by atoms with van der Waals surface area (Å²) in [7, 11) is 0. The van der Waals surface area contributed by atoms with Gasteiger partial charge in [0.2, 0.25) is 5.91 Å². The Hall–Kier alpha value is -3.35. The van der Waals surface area contributed by atoms with E-state index in [0.29, 0.717) is 6.54 Å². The summed E-state index contributed by atoms with van der Waals surface area (Å²) in [5, 5.41) is 12.6. The molecule has 0 radical (unpaired) electrons. The minimum absolute atomic E-state index is 0.0185. The van der Waals surface area contributed by atoms with Gasteiger partial charge in [-0.2, -0.15) is 0 Å². The zero-order chi connectivity index (χ0) is 24.7. The van der Waals surface area contributed by atoms with Crippen LogP contribution in [0.15, 0.2) is 48.5 Å². The number of hydrogen-bond donors (Lipinski definition) is 2. The van der Waals surface area contributed by atoms with Crippen LogP contribution in [0.3, 0.4) is 0 Å². The van der Waals surface area contributed by atoms with Crippen molar-refractivity contribution in [3.63, 3.8) is 0 Å². The zero-order valence-electron chi connectivity index (χ0n) is 20.1. The highest BCUT2D eigenvalue weighted by Crippen LogP contribution is 2.44. The summed E-state index contributed by atoms with van der Waals surface area (Å²) in [5.41, 5.74) is 4.54. The van der Waals surface area contributed by atoms with Gasteiger partial charge >= 0.3 is 12.1 Å². The second-order valence-corrected chi connectivity index (χ2v) is 10.4. The van der Waals surface area contributed by atoms with Crippen molar-refractivity contribution in [3.8, 4) is 11.1 Å². The number of aliphatic carboxylic acids is 1. The summed E-state index contributed by atoms with van der Waals surface area (Å²) in [6.45, 7) is 4.45. The maximum atomic E-state index is 13.5. The number of carboxylic acid groups (broad SMARTS) is 1. The molecule has 1 heterocycles. The maximum absolute atomic E-state index is 13.5. The molecule has 184 valence electrons. The van der Waals surface area contributed by atoms with E-state index in [1.165, 1.54) is 4.90 Å². The number of nitrogens with one attached hydrogen (secondary N) is 1. The quantitative estimate of drug-likeness (QED) is 0.650. The standard InChI is InChI=1S/C28H32N2O5/c1-16-13-17(2)25(27(32)33)30(14-16)26(31)24(18-11-12-18)29-28(34)35-15-23-21-9-5-3-7-19(21)20-8-4-6-10-22(20)23/h3-10,16-18,23-25H,11-15H2,1-2H3,(H,29,34)(H,32,33). The van der Waals surface area contributed by atoms with Crippen molar-refractivity contribution >= 4 is 18.0 Å². The molecular weight excluding hydrogens is 444 g/mol. The lowest BCUT2D eigenvalue weighted by Crippen LogP contribution is -2.59. The van der Waals surface area contributed by atoms with E-state index in [9.17, 15) is 19.5 Å². The van der Waals surface area contributed by atoms with Gasteiger partial charge in [0, 0.05) is 12.5 Å². The summed E-state index contributed by atoms with van der Waals surface area (Å²) in [4.78, 5) is 39.8. The van der Waals surface area contributed by atoms with E-state index in [0.717, 1.165) is 41.5 Å². The average Bonchev–Trinajstić information content (AvgIpc) is 3.62. The van der Waals surface area contributed by atoms with E-state index in [4.69, 9.17) is 4.74 Å². The van der Waals surface area contributed by atoms with Crippen molar-refractivity contribution in [1.82, 2.24) is 10.2 Å². The molecule has 1 saturated heterocycles. The van der Waals surface area contributed by atoms with Crippen LogP contribution in [0, 0.1) is 17.8 Å². The molecule has 2 aromatic carbocycles. The molecular formula is C28H32N2O5. The van der Waals surface area contributed by atoms with Crippen LogP contribution >= 0.6 is 0 Å². The van der Waals surface area contributed by atoms with Crippen LogP contribution < -0.4 is 5.32 Å². The number of piperidine rings is 1. The molecule has 2 N–H and O–H groups in total. The zero-order valence-corrected chi connectivity index (χ0v) is 20.1. The second kappa shape index (κ2) is 9.36. The third-order valence-corrected chi connectivity index (χ3v) is 7.67. The predicted molar refractivity (Wildman–Crippen MR) is 131 cm³/mol. The van der Waals surface area contributed by atoms with Gasteiger partial charge in [0.25, 0.3) is 0 Å². The number of amides is 2. The van der Waals surface area contributed by atoms with E-state index < -0.39 is 24.1 Å². The van der Waals surface area contributed by atoms with E-state index in [-0.39, 0.29) is 36.2 Å². The van der Waals surface area contributed by atoms with Gasteiger partial charge in [-0.1, -0.05) is 62.4 Å². The molecule has 4 unspecified atom stereocenters. The summed E-state index contributed by atoms with van der Waals surface area (Å²) in [6.07, 6.45) is 1.78. The molecule has 2 amide bonds. The van der Waals surface area contributed by atoms with Gasteiger partial charge in [0.05, 0.1) is 0 Å². The molecule has 5 rings (SSSR count). The Balaban J connectivity index is 1.28. The van der Waals surface area contributed by atoms with Crippen molar-refractivity contribution < 1.29 is 24.2 Å². The number of carboxylic acids is 1. The summed E-state index contributed by atoms with van der Waals surface area (Å²) >= 11 is 0. The minimum Gasteiger partial charge on any atom is -0.480 e. The molecule has 3 aliphatic rings. The predicted octanol–water partition coefficient (Wildman–Crippen LogP) is 4.26. The minimum atomic E-state index is -0.992. The van der Waals surface area contributed by atoms with E-state index >= 15 is 0 Å². The maximum Gasteiger partial charge on any atom is 0.407 e. The molecule has 0 bridgehead atoms. The first kappa shape index (κ1) is 23.4. The monoisotopic (exact) mass is 476 g/mol. The summed E-state index contributed by atoms with van der Waals surface area (Å²) in [6, 6.07) is 14.6. The number of carbonyl (C=O) groups is 3. The van der Waals surface area contributed by atoms with Crippen molar-refractivity contribution in [2.24, 2.45) is 17.8 Å². The van der Waals surface area contributed by atoms with Gasteiger partial charge in [-0.25, -0.2) is 9.59 Å². The number of hydrogen-bond acceptors (Lipinski definition) is 4. The molecule has 7 nitrogen and oxygen atoms in total. The van der Waals surface area contributed by atoms with Gasteiger partial charge < -0.3 is 20.1 Å². The first-order valence-corrected chi connectivity index (χ1v) is 12.5. The number of ether oxygens (including phenoxy) is 1. The van der Waals surface area contributed by atoms with Crippen molar-refractivity contribution in [2.45, 2.75) is 51.1 Å². The SMILES string of the molecule is CC1CC(C)C(C(=O)O)N(C(=O)C(NC(=O)OCC2c3ccccc3-c3ccccc32)C2CC2)C1. The molecule has 35 heavy (non-hydrogen) atoms. The highest BCUT2D eigenvalue weighted by Gasteiger charge is 2.46. The largest absolute Gasteiger partial charge is 0.480 e. The lowest BCUT2D eigenvalue weighted by Gasteiger charge is -2.41. The molecule has 1 saturated carbocycles. The van der Waals surface area contributed by atoms with Gasteiger partial charge in [0.15, 0.2) is 0 Å². The number of likely N-dealkylation sites (tertiary alicyclic amines) is 1. The van der Waals surface area contributed by atoms with Crippen LogP contribution in [-0.2, 0) is 14.3 Å². The topological polar surface area (TPSA) is 95.9 Å². The van der Waals surface area contributed by atoms with Crippen LogP contribution in [0.4, 0.5) is 4.79 Å². The Morgan fingerprint density at radius 3 is 2.20 bits per heavy atom. The van der Waals surface area contributed by atoms with E-state index in [1.807, 2.05) is 38.1 Å². The van der Waals surface area contributed by atoms with Crippen LogP contribution in [0.1, 0.15) is 50.2 Å². The fraction of sp³-hybridized carbons (Fsp3) is 0.464. The Morgan fingerprint density at radius 1 is 1.03 bits per heavy atom. The van der Waals surface area contributed by atoms with Gasteiger partial charge in [0.1, 0.15) is 18.7 Å². The summed E-state index contributed by atoms with van der Waals surface area (Å²) < 4.78 is 5.67. The van der Waals surface area contributed by atoms with Gasteiger partial charge in [-0.3, -0.25) is 4.79 Å². The van der Waals surface area contributed by atoms with Crippen molar-refractivity contribution in [1.29, 1.82) is 0 Å². The molecule has 2 aromatic rings. The molecule has 0 spiro atoms. The first-order valence-electron chi connectivity index (χ1n) is 12.5. The Kier molecular flexibility index (Phi) is 6.26. The summed E-state index contributed by atoms with van der Waals surface area (Å²) in [5.74, 6) is -1.29. The Labute approximate surface area is 205 Å². The number of nitrogens with zero attached hydrogens (tertiary/aromatic N) is 1. The number of alkyl carbamates (subject to hydrolysis) is 1. The average molecular weight is 477 g/mol. The lowest BCUT2D eigenvalue weighted by atomic mass is 9.84. The normalized spacial score (nSPS) is 24.3. The van der Waals surface area contributed by atoms with E-state index in [2.05, 4.69) is 29.6 Å². The third-order valence-electron chi connectivity index (χ3n) is 7.67. The lowest BCUT2D eigenvalue weighted by molar-refractivity contribution is -0.157. The van der Waals surface area contributed by atoms with Crippen molar-refractivity contribution in [2.75, 3.05) is 13.2 Å². The third kappa shape index (κ3) is 4.51. The number of rotatable bonds is 6. The molecule has 4 atom stereocenters. The van der Waals surface area contributed by atoms with Gasteiger partial charge in [-0.15, -0.1) is 0 Å². The highest BCUT2D eigenvalue weighted by molar-refractivity contribution is 5.90. The second-order valence-electron chi connectivity index (χ2n) is 10.4. The smallest absolute Gasteiger partial charge is 0.407 e. The Bertz CT molecular complexity index is 1100. The van der Waals surface area contributed by atoms with Crippen LogP contribution in [0.5, 0.6) is 0 Å². The highest BCUT2D eigenvalue weighted by atomic mass is 16.5. The molecule has 0 aromatic heterocycles. The number of benzene rings is 2. The number of fused-ring (bicyclic) bond motifs is 3. The van der Waals surface area contributed by atoms with E-state index in [1.54, 1.807) is 0 Å². The van der Waals surface area contributed by atoms with Crippen LogP contribution in [0.2, 0.25) is 0 Å². The fourth-order valence-electron chi connectivity index (χ4n) is 5.95. The first-order chi connectivity index (χ1) is 16.8. The molecule has 2 fully saturated rings. The molecule has 2 aliphatic carbocycles. The van der Waals surface area contributed by atoms with Crippen molar-refractivity contribution in [3.05, 3.63) is 59.7 Å². The van der Waals surface area contributed by atoms with Crippen LogP contribution in [-0.4, -0.2) is 53.2 Å². The van der Waals surface area contributed by atoms with Crippen LogP contribution in [0.25, 0.3) is 11.1 Å². The molecule has 7 heteroatoms. The molecule has 1 aliphatic heterocycles. The Morgan fingerprint density at radius 2 is 1.63 bits per heavy atom. The van der Waals surface area contributed by atoms with Gasteiger partial charge in [-0.05, 0) is 59.3 Å². The number of carbonyl (C=O) groups excluding carboxylic acids is 2.